The average molecular weight is 347 g/mol. The first-order chi connectivity index (χ1) is 11.5. The molecule has 124 valence electrons. The molecule has 0 spiro atoms. The van der Waals surface area contributed by atoms with Gasteiger partial charge in [0.1, 0.15) is 11.7 Å². The molecule has 0 aliphatic carbocycles. The smallest absolute Gasteiger partial charge is 0.271 e. The first-order valence-electron chi connectivity index (χ1n) is 7.59. The van der Waals surface area contributed by atoms with Crippen molar-refractivity contribution >= 4 is 28.4 Å². The monoisotopic (exact) mass is 346 g/mol. The number of amides is 1. The zero-order valence-corrected chi connectivity index (χ0v) is 13.6. The lowest BCUT2D eigenvalue weighted by Crippen LogP contribution is -2.32. The number of carbonyl (C=O) groups excluding carboxylic acids is 1. The molecule has 1 aliphatic rings. The number of rotatable bonds is 2. The van der Waals surface area contributed by atoms with Gasteiger partial charge >= 0.3 is 0 Å². The summed E-state index contributed by atoms with van der Waals surface area (Å²) in [5.41, 5.74) is 1.26. The summed E-state index contributed by atoms with van der Waals surface area (Å²) in [7, 11) is 0. The maximum absolute atomic E-state index is 12.9. The molecule has 0 radical (unpaired) electrons. The van der Waals surface area contributed by atoms with Crippen molar-refractivity contribution in [1.82, 2.24) is 20.0 Å². The predicted octanol–water partition coefficient (Wildman–Crippen LogP) is 2.46. The van der Waals surface area contributed by atoms with Gasteiger partial charge in [0.05, 0.1) is 6.10 Å². The number of hydrogen-bond acceptors (Lipinski definition) is 5. The minimum Gasteiger partial charge on any atom is -0.391 e. The second kappa shape index (κ2) is 5.61. The number of nitrogens with zero attached hydrogens (tertiary/aromatic N) is 3. The second-order valence-electron chi connectivity index (χ2n) is 5.96. The molecule has 3 heterocycles. The maximum atomic E-state index is 12.9. The summed E-state index contributed by atoms with van der Waals surface area (Å²) < 4.78 is 5.19. The molecule has 0 unspecified atom stereocenters. The third-order valence-corrected chi connectivity index (χ3v) is 4.42. The first kappa shape index (κ1) is 15.2. The Labute approximate surface area is 142 Å². The number of aliphatic hydroxyl groups is 1. The lowest BCUT2D eigenvalue weighted by Gasteiger charge is -2.20. The summed E-state index contributed by atoms with van der Waals surface area (Å²) in [6.07, 6.45) is -0.246. The fourth-order valence-electron chi connectivity index (χ4n) is 3.09. The second-order valence-corrected chi connectivity index (χ2v) is 6.39. The molecule has 0 saturated carbocycles. The number of hydrogen-bond donors (Lipinski definition) is 2. The van der Waals surface area contributed by atoms with Crippen LogP contribution in [0.25, 0.3) is 10.9 Å². The van der Waals surface area contributed by atoms with Crippen LogP contribution in [-0.4, -0.2) is 43.7 Å². The topological polar surface area (TPSA) is 95.3 Å². The van der Waals surface area contributed by atoms with E-state index in [2.05, 4.69) is 15.1 Å². The van der Waals surface area contributed by atoms with E-state index in [1.165, 1.54) is 0 Å². The molecule has 2 aromatic heterocycles. The number of aliphatic hydroxyl groups excluding tert-OH is 1. The highest BCUT2D eigenvalue weighted by Gasteiger charge is 2.39. The molecule has 3 aromatic rings. The standard InChI is InChI=1S/C16H15ClN4O3/c1-8-18-15(24-20-8)14-6-11(22)7-21(14)16(23)13-5-9-4-10(17)2-3-12(9)19-13/h2-5,11,14,19,22H,6-7H2,1H3/t11-,14-/m1/s1. The van der Waals surface area contributed by atoms with E-state index in [0.717, 1.165) is 10.9 Å². The largest absolute Gasteiger partial charge is 0.391 e. The van der Waals surface area contributed by atoms with Crippen molar-refractivity contribution in [2.45, 2.75) is 25.5 Å². The number of fused-ring (bicyclic) bond motifs is 1. The highest BCUT2D eigenvalue weighted by molar-refractivity contribution is 6.31. The molecule has 24 heavy (non-hydrogen) atoms. The normalized spacial score (nSPS) is 20.9. The van der Waals surface area contributed by atoms with Crippen LogP contribution in [0.4, 0.5) is 0 Å². The summed E-state index contributed by atoms with van der Waals surface area (Å²) in [4.78, 5) is 21.7. The summed E-state index contributed by atoms with van der Waals surface area (Å²) >= 11 is 5.99. The number of aromatic amines is 1. The van der Waals surface area contributed by atoms with E-state index < -0.39 is 12.1 Å². The molecule has 1 fully saturated rings. The van der Waals surface area contributed by atoms with Crippen LogP contribution in [0.5, 0.6) is 0 Å². The summed E-state index contributed by atoms with van der Waals surface area (Å²) in [5, 5.41) is 15.2. The molecule has 1 aromatic carbocycles. The number of aryl methyl sites for hydroxylation is 1. The van der Waals surface area contributed by atoms with Crippen LogP contribution in [-0.2, 0) is 0 Å². The number of carbonyl (C=O) groups is 1. The molecule has 1 saturated heterocycles. The summed E-state index contributed by atoms with van der Waals surface area (Å²) in [6.45, 7) is 1.94. The Morgan fingerprint density at radius 2 is 2.29 bits per heavy atom. The molecule has 0 bridgehead atoms. The molecular weight excluding hydrogens is 332 g/mol. The van der Waals surface area contributed by atoms with Gasteiger partial charge in [-0.3, -0.25) is 4.79 Å². The Hall–Kier alpha value is -2.38. The molecular formula is C16H15ClN4O3. The number of benzene rings is 1. The Bertz CT molecular complexity index is 919. The number of β-amino-alcohol motifs (C(OH)–C–C–N with tert-alkyl or cyclic N) is 1. The van der Waals surface area contributed by atoms with E-state index >= 15 is 0 Å². The average Bonchev–Trinajstić information content (AvgIpc) is 3.23. The van der Waals surface area contributed by atoms with Crippen molar-refractivity contribution in [2.24, 2.45) is 0 Å². The Kier molecular flexibility index (Phi) is 3.54. The fraction of sp³-hybridized carbons (Fsp3) is 0.312. The number of likely N-dealkylation sites (tertiary alicyclic amines) is 1. The molecule has 8 heteroatoms. The Balaban J connectivity index is 1.68. The molecule has 1 aliphatic heterocycles. The number of nitrogens with one attached hydrogen (secondary N) is 1. The third kappa shape index (κ3) is 2.55. The van der Waals surface area contributed by atoms with Gasteiger partial charge in [0, 0.05) is 28.9 Å². The van der Waals surface area contributed by atoms with Crippen LogP contribution in [0.3, 0.4) is 0 Å². The van der Waals surface area contributed by atoms with Gasteiger partial charge in [-0.15, -0.1) is 0 Å². The summed E-state index contributed by atoms with van der Waals surface area (Å²) in [6, 6.07) is 6.71. The Morgan fingerprint density at radius 1 is 1.46 bits per heavy atom. The van der Waals surface area contributed by atoms with Crippen LogP contribution >= 0.6 is 11.6 Å². The predicted molar refractivity (Wildman–Crippen MR) is 86.7 cm³/mol. The van der Waals surface area contributed by atoms with Crippen molar-refractivity contribution < 1.29 is 14.4 Å². The number of aromatic nitrogens is 3. The van der Waals surface area contributed by atoms with Gasteiger partial charge < -0.3 is 19.5 Å². The molecule has 4 rings (SSSR count). The van der Waals surface area contributed by atoms with Crippen LogP contribution in [0.1, 0.15) is 34.7 Å². The molecule has 2 atom stereocenters. The van der Waals surface area contributed by atoms with E-state index in [9.17, 15) is 9.90 Å². The fourth-order valence-corrected chi connectivity index (χ4v) is 3.27. The highest BCUT2D eigenvalue weighted by Crippen LogP contribution is 2.33. The SMILES string of the molecule is Cc1noc([C@H]2C[C@@H](O)CN2C(=O)c2cc3cc(Cl)ccc3[nH]2)n1. The van der Waals surface area contributed by atoms with Crippen LogP contribution in [0, 0.1) is 6.92 Å². The molecule has 2 N–H and O–H groups in total. The third-order valence-electron chi connectivity index (χ3n) is 4.18. The lowest BCUT2D eigenvalue weighted by atomic mass is 10.2. The molecule has 1 amide bonds. The van der Waals surface area contributed by atoms with Crippen molar-refractivity contribution in [3.8, 4) is 0 Å². The number of halogens is 1. The Morgan fingerprint density at radius 3 is 3.04 bits per heavy atom. The van der Waals surface area contributed by atoms with Crippen molar-refractivity contribution in [2.75, 3.05) is 6.54 Å². The van der Waals surface area contributed by atoms with Gasteiger partial charge in [0.25, 0.3) is 5.91 Å². The summed E-state index contributed by atoms with van der Waals surface area (Å²) in [5.74, 6) is 0.621. The minimum absolute atomic E-state index is 0.222. The van der Waals surface area contributed by atoms with E-state index in [1.54, 1.807) is 30.0 Å². The van der Waals surface area contributed by atoms with Crippen LogP contribution in [0.2, 0.25) is 5.02 Å². The zero-order chi connectivity index (χ0) is 16.8. The van der Waals surface area contributed by atoms with Crippen molar-refractivity contribution in [1.29, 1.82) is 0 Å². The minimum atomic E-state index is -0.620. The van der Waals surface area contributed by atoms with Gasteiger partial charge in [0.15, 0.2) is 5.82 Å². The number of H-pyrrole nitrogens is 1. The highest BCUT2D eigenvalue weighted by atomic mass is 35.5. The van der Waals surface area contributed by atoms with E-state index in [-0.39, 0.29) is 12.5 Å². The zero-order valence-electron chi connectivity index (χ0n) is 12.9. The van der Waals surface area contributed by atoms with E-state index in [0.29, 0.717) is 28.9 Å². The maximum Gasteiger partial charge on any atom is 0.271 e. The van der Waals surface area contributed by atoms with Crippen LogP contribution < -0.4 is 0 Å². The van der Waals surface area contributed by atoms with Crippen molar-refractivity contribution in [3.05, 3.63) is 46.7 Å². The van der Waals surface area contributed by atoms with Gasteiger partial charge in [0.2, 0.25) is 5.89 Å². The quantitative estimate of drug-likeness (QED) is 0.743. The van der Waals surface area contributed by atoms with E-state index in [1.807, 2.05) is 6.07 Å². The van der Waals surface area contributed by atoms with E-state index in [4.69, 9.17) is 16.1 Å². The molecule has 7 nitrogen and oxygen atoms in total. The van der Waals surface area contributed by atoms with Crippen LogP contribution in [0.15, 0.2) is 28.8 Å². The first-order valence-corrected chi connectivity index (χ1v) is 7.96. The lowest BCUT2D eigenvalue weighted by molar-refractivity contribution is 0.0688. The van der Waals surface area contributed by atoms with Gasteiger partial charge in [-0.2, -0.15) is 4.98 Å². The van der Waals surface area contributed by atoms with Crippen molar-refractivity contribution in [3.63, 3.8) is 0 Å². The van der Waals surface area contributed by atoms with Gasteiger partial charge in [-0.1, -0.05) is 16.8 Å². The van der Waals surface area contributed by atoms with Gasteiger partial charge in [-0.25, -0.2) is 0 Å². The van der Waals surface area contributed by atoms with Gasteiger partial charge in [-0.05, 0) is 31.2 Å².